The van der Waals surface area contributed by atoms with E-state index in [0.29, 0.717) is 27.9 Å². The van der Waals surface area contributed by atoms with Crippen LogP contribution in [-0.2, 0) is 20.9 Å². The Morgan fingerprint density at radius 2 is 1.63 bits per heavy atom. The molecule has 0 aliphatic rings. The van der Waals surface area contributed by atoms with Crippen molar-refractivity contribution < 1.29 is 23.9 Å². The Balaban J connectivity index is 1.70. The van der Waals surface area contributed by atoms with Crippen LogP contribution in [0.5, 0.6) is 0 Å². The van der Waals surface area contributed by atoms with Crippen LogP contribution in [0.4, 0.5) is 0 Å². The summed E-state index contributed by atoms with van der Waals surface area (Å²) in [5.74, 6) is -1.19. The maximum atomic E-state index is 12.3. The van der Waals surface area contributed by atoms with Crippen molar-refractivity contribution >= 4 is 28.6 Å². The molecule has 1 aromatic heterocycles. The molecule has 0 aliphatic heterocycles. The summed E-state index contributed by atoms with van der Waals surface area (Å²) in [7, 11) is 1.30. The summed E-state index contributed by atoms with van der Waals surface area (Å²) in [5, 5.41) is 0.830. The van der Waals surface area contributed by atoms with Crippen LogP contribution in [0.15, 0.2) is 48.5 Å². The number of esters is 2. The highest BCUT2D eigenvalue weighted by molar-refractivity contribution is 5.99. The van der Waals surface area contributed by atoms with Gasteiger partial charge in [0.25, 0.3) is 0 Å². The van der Waals surface area contributed by atoms with E-state index >= 15 is 0 Å². The highest BCUT2D eigenvalue weighted by Crippen LogP contribution is 2.24. The minimum atomic E-state index is -0.536. The van der Waals surface area contributed by atoms with Crippen LogP contribution in [0.2, 0.25) is 0 Å². The molecule has 0 saturated heterocycles. The van der Waals surface area contributed by atoms with Gasteiger partial charge in [-0.05, 0) is 25.5 Å². The second-order valence-corrected chi connectivity index (χ2v) is 7.02. The summed E-state index contributed by atoms with van der Waals surface area (Å²) >= 11 is 0. The molecule has 6 heteroatoms. The van der Waals surface area contributed by atoms with Gasteiger partial charge in [0, 0.05) is 17.4 Å². The Hall–Kier alpha value is -3.54. The summed E-state index contributed by atoms with van der Waals surface area (Å²) in [5.41, 5.74) is 3.66. The fourth-order valence-corrected chi connectivity index (χ4v) is 3.24. The lowest BCUT2D eigenvalue weighted by atomic mass is 10.0. The van der Waals surface area contributed by atoms with Gasteiger partial charge >= 0.3 is 11.9 Å². The molecule has 3 rings (SSSR count). The first kappa shape index (κ1) is 21.2. The first-order valence-electron chi connectivity index (χ1n) is 9.62. The van der Waals surface area contributed by atoms with E-state index < -0.39 is 11.9 Å². The van der Waals surface area contributed by atoms with Gasteiger partial charge in [-0.3, -0.25) is 9.59 Å². The quantitative estimate of drug-likeness (QED) is 0.429. The Morgan fingerprint density at radius 1 is 0.933 bits per heavy atom. The van der Waals surface area contributed by atoms with E-state index in [2.05, 4.69) is 4.98 Å². The van der Waals surface area contributed by atoms with Crippen molar-refractivity contribution in [1.82, 2.24) is 4.98 Å². The second-order valence-electron chi connectivity index (χ2n) is 7.02. The molecule has 0 bridgehead atoms. The Labute approximate surface area is 174 Å². The van der Waals surface area contributed by atoms with Crippen LogP contribution in [0.3, 0.4) is 0 Å². The normalized spacial score (nSPS) is 10.6. The first-order valence-corrected chi connectivity index (χ1v) is 9.62. The number of benzene rings is 2. The predicted octanol–water partition coefficient (Wildman–Crippen LogP) is 4.34. The van der Waals surface area contributed by atoms with Gasteiger partial charge in [0.1, 0.15) is 6.61 Å². The number of hydrogen-bond acceptors (Lipinski definition) is 6. The molecule has 0 radical (unpaired) electrons. The summed E-state index contributed by atoms with van der Waals surface area (Å²) in [6.07, 6.45) is 0.00274. The van der Waals surface area contributed by atoms with E-state index in [1.54, 1.807) is 12.1 Å². The molecule has 0 amide bonds. The number of carbonyl (C=O) groups is 3. The SMILES string of the molecule is COC(=O)c1c(COC(=O)CCC(=O)c2ccc(C)cc2)nc2ccccc2c1C. The Bertz CT molecular complexity index is 1100. The smallest absolute Gasteiger partial charge is 0.340 e. The maximum absolute atomic E-state index is 12.3. The number of hydrogen-bond donors (Lipinski definition) is 0. The van der Waals surface area contributed by atoms with Crippen LogP contribution >= 0.6 is 0 Å². The monoisotopic (exact) mass is 405 g/mol. The summed E-state index contributed by atoms with van der Waals surface area (Å²) < 4.78 is 10.2. The first-order chi connectivity index (χ1) is 14.4. The molecule has 0 fully saturated rings. The fraction of sp³-hybridized carbons (Fsp3) is 0.250. The molecule has 30 heavy (non-hydrogen) atoms. The molecule has 3 aromatic rings. The number of pyridine rings is 1. The number of para-hydroxylation sites is 1. The lowest BCUT2D eigenvalue weighted by Gasteiger charge is -2.13. The van der Waals surface area contributed by atoms with Crippen LogP contribution < -0.4 is 0 Å². The molecule has 0 saturated carbocycles. The molecule has 0 N–H and O–H groups in total. The molecule has 2 aromatic carbocycles. The zero-order valence-electron chi connectivity index (χ0n) is 17.2. The summed E-state index contributed by atoms with van der Waals surface area (Å²) in [4.78, 5) is 41.2. The number of aryl methyl sites for hydroxylation is 2. The van der Waals surface area contributed by atoms with E-state index in [4.69, 9.17) is 9.47 Å². The summed E-state index contributed by atoms with van der Waals surface area (Å²) in [6.45, 7) is 3.58. The van der Waals surface area contributed by atoms with Gasteiger partial charge in [-0.1, -0.05) is 48.0 Å². The van der Waals surface area contributed by atoms with Gasteiger partial charge in [0.05, 0.1) is 30.3 Å². The molecule has 0 atom stereocenters. The number of rotatable bonds is 7. The highest BCUT2D eigenvalue weighted by Gasteiger charge is 2.20. The van der Waals surface area contributed by atoms with Gasteiger partial charge in [-0.15, -0.1) is 0 Å². The van der Waals surface area contributed by atoms with E-state index in [9.17, 15) is 14.4 Å². The second kappa shape index (κ2) is 9.31. The number of aromatic nitrogens is 1. The number of Topliss-reactive ketones (excluding diaryl/α,β-unsaturated/α-hetero) is 1. The van der Waals surface area contributed by atoms with Gasteiger partial charge in [0.2, 0.25) is 0 Å². The van der Waals surface area contributed by atoms with Crippen molar-refractivity contribution in [2.24, 2.45) is 0 Å². The van der Waals surface area contributed by atoms with Crippen molar-refractivity contribution in [2.75, 3.05) is 7.11 Å². The molecular formula is C24H23NO5. The Morgan fingerprint density at radius 3 is 2.33 bits per heavy atom. The molecular weight excluding hydrogens is 382 g/mol. The van der Waals surface area contributed by atoms with Crippen LogP contribution in [0, 0.1) is 13.8 Å². The zero-order chi connectivity index (χ0) is 21.7. The maximum Gasteiger partial charge on any atom is 0.340 e. The van der Waals surface area contributed by atoms with E-state index in [0.717, 1.165) is 10.9 Å². The highest BCUT2D eigenvalue weighted by atomic mass is 16.5. The lowest BCUT2D eigenvalue weighted by molar-refractivity contribution is -0.145. The minimum absolute atomic E-state index is 0.0488. The van der Waals surface area contributed by atoms with E-state index in [1.807, 2.05) is 50.2 Å². The molecule has 1 heterocycles. The number of ketones is 1. The predicted molar refractivity (Wildman–Crippen MR) is 112 cm³/mol. The third-order valence-electron chi connectivity index (χ3n) is 4.92. The number of methoxy groups -OCH3 is 1. The van der Waals surface area contributed by atoms with Crippen molar-refractivity contribution in [2.45, 2.75) is 33.3 Å². The summed E-state index contributed by atoms with van der Waals surface area (Å²) in [6, 6.07) is 14.6. The number of nitrogens with zero attached hydrogens (tertiary/aromatic N) is 1. The number of carbonyl (C=O) groups excluding carboxylic acids is 3. The average molecular weight is 405 g/mol. The van der Waals surface area contributed by atoms with Gasteiger partial charge in [-0.25, -0.2) is 9.78 Å². The van der Waals surface area contributed by atoms with Gasteiger partial charge in [-0.2, -0.15) is 0 Å². The Kier molecular flexibility index (Phi) is 6.57. The molecule has 0 aliphatic carbocycles. The average Bonchev–Trinajstić information content (AvgIpc) is 2.76. The zero-order valence-corrected chi connectivity index (χ0v) is 17.2. The standard InChI is InChI=1S/C24H23NO5/c1-15-8-10-17(11-9-15)21(26)12-13-22(27)30-14-20-23(24(28)29-3)16(2)18-6-4-5-7-19(18)25-20/h4-11H,12-14H2,1-3H3. The number of fused-ring (bicyclic) bond motifs is 1. The fourth-order valence-electron chi connectivity index (χ4n) is 3.24. The van der Waals surface area contributed by atoms with Gasteiger partial charge < -0.3 is 9.47 Å². The minimum Gasteiger partial charge on any atom is -0.465 e. The number of ether oxygens (including phenoxy) is 2. The third-order valence-corrected chi connectivity index (χ3v) is 4.92. The lowest BCUT2D eigenvalue weighted by Crippen LogP contribution is -2.14. The van der Waals surface area contributed by atoms with Crippen molar-refractivity contribution in [1.29, 1.82) is 0 Å². The van der Waals surface area contributed by atoms with Crippen molar-refractivity contribution in [3.8, 4) is 0 Å². The van der Waals surface area contributed by atoms with Gasteiger partial charge in [0.15, 0.2) is 5.78 Å². The van der Waals surface area contributed by atoms with Crippen LogP contribution in [0.1, 0.15) is 50.4 Å². The molecule has 0 unspecified atom stereocenters. The topological polar surface area (TPSA) is 82.6 Å². The van der Waals surface area contributed by atoms with E-state index in [-0.39, 0.29) is 25.2 Å². The molecule has 0 spiro atoms. The van der Waals surface area contributed by atoms with Crippen molar-refractivity contribution in [3.63, 3.8) is 0 Å². The third kappa shape index (κ3) is 4.71. The molecule has 6 nitrogen and oxygen atoms in total. The van der Waals surface area contributed by atoms with Crippen molar-refractivity contribution in [3.05, 3.63) is 76.5 Å². The molecule has 154 valence electrons. The van der Waals surface area contributed by atoms with Crippen LogP contribution in [0.25, 0.3) is 10.9 Å². The van der Waals surface area contributed by atoms with Crippen LogP contribution in [-0.4, -0.2) is 29.8 Å². The van der Waals surface area contributed by atoms with E-state index in [1.165, 1.54) is 7.11 Å². The largest absolute Gasteiger partial charge is 0.465 e.